The van der Waals surface area contributed by atoms with Gasteiger partial charge in [-0.05, 0) is 25.0 Å². The first-order valence-electron chi connectivity index (χ1n) is 5.69. The van der Waals surface area contributed by atoms with E-state index < -0.39 is 6.04 Å². The van der Waals surface area contributed by atoms with E-state index in [1.54, 1.807) is 12.1 Å². The van der Waals surface area contributed by atoms with E-state index in [1.165, 1.54) is 6.07 Å². The second-order valence-corrected chi connectivity index (χ2v) is 5.32. The summed E-state index contributed by atoms with van der Waals surface area (Å²) in [6, 6.07) is 4.03. The lowest BCUT2D eigenvalue weighted by atomic mass is 10.1. The summed E-state index contributed by atoms with van der Waals surface area (Å²) in [5.74, 6) is 0.930. The Kier molecular flexibility index (Phi) is 2.91. The molecule has 1 aromatic heterocycles. The maximum absolute atomic E-state index is 13.8. The van der Waals surface area contributed by atoms with Gasteiger partial charge in [0.25, 0.3) is 0 Å². The summed E-state index contributed by atoms with van der Waals surface area (Å²) in [6.45, 7) is 0. The predicted octanol–water partition coefficient (Wildman–Crippen LogP) is 2.90. The zero-order valence-corrected chi connectivity index (χ0v) is 11.0. The summed E-state index contributed by atoms with van der Waals surface area (Å²) >= 11 is 3.20. The van der Waals surface area contributed by atoms with Crippen molar-refractivity contribution >= 4 is 15.9 Å². The van der Waals surface area contributed by atoms with Crippen LogP contribution >= 0.6 is 15.9 Å². The van der Waals surface area contributed by atoms with Gasteiger partial charge in [-0.15, -0.1) is 0 Å². The normalized spacial score (nSPS) is 16.8. The third-order valence-electron chi connectivity index (χ3n) is 2.96. The molecule has 1 atom stereocenters. The van der Waals surface area contributed by atoms with Crippen LogP contribution in [0.25, 0.3) is 0 Å². The van der Waals surface area contributed by atoms with Gasteiger partial charge in [0.1, 0.15) is 5.82 Å². The van der Waals surface area contributed by atoms with E-state index in [4.69, 9.17) is 10.3 Å². The number of halogens is 2. The largest absolute Gasteiger partial charge is 0.339 e. The molecule has 18 heavy (non-hydrogen) atoms. The van der Waals surface area contributed by atoms with Crippen molar-refractivity contribution in [1.29, 1.82) is 0 Å². The smallest absolute Gasteiger partial charge is 0.229 e. The van der Waals surface area contributed by atoms with Crippen LogP contribution in [0.2, 0.25) is 0 Å². The fourth-order valence-corrected chi connectivity index (χ4v) is 2.10. The third-order valence-corrected chi connectivity index (χ3v) is 3.45. The van der Waals surface area contributed by atoms with E-state index in [0.717, 1.165) is 12.8 Å². The molecule has 0 saturated heterocycles. The van der Waals surface area contributed by atoms with E-state index in [1.807, 2.05) is 0 Å². The number of aromatic nitrogens is 2. The molecule has 4 nitrogen and oxygen atoms in total. The first-order valence-corrected chi connectivity index (χ1v) is 6.48. The molecule has 1 saturated carbocycles. The molecule has 0 amide bonds. The van der Waals surface area contributed by atoms with Crippen molar-refractivity contribution in [1.82, 2.24) is 10.1 Å². The Morgan fingerprint density at radius 1 is 1.44 bits per heavy atom. The van der Waals surface area contributed by atoms with E-state index in [9.17, 15) is 4.39 Å². The van der Waals surface area contributed by atoms with Crippen molar-refractivity contribution in [2.75, 3.05) is 0 Å². The van der Waals surface area contributed by atoms with E-state index >= 15 is 0 Å². The molecule has 0 radical (unpaired) electrons. The van der Waals surface area contributed by atoms with Crippen molar-refractivity contribution in [2.24, 2.45) is 5.73 Å². The molecule has 0 spiro atoms. The molecule has 3 rings (SSSR count). The van der Waals surface area contributed by atoms with Crippen molar-refractivity contribution < 1.29 is 8.91 Å². The van der Waals surface area contributed by atoms with Gasteiger partial charge < -0.3 is 10.3 Å². The van der Waals surface area contributed by atoms with Gasteiger partial charge in [-0.3, -0.25) is 0 Å². The molecule has 6 heteroatoms. The van der Waals surface area contributed by atoms with Gasteiger partial charge in [-0.2, -0.15) is 4.98 Å². The van der Waals surface area contributed by atoms with E-state index in [2.05, 4.69) is 26.1 Å². The van der Waals surface area contributed by atoms with Gasteiger partial charge in [-0.1, -0.05) is 27.2 Å². The van der Waals surface area contributed by atoms with Crippen LogP contribution in [0.4, 0.5) is 4.39 Å². The standard InChI is InChI=1S/C12H11BrFN3O/c13-7-3-4-8(9(14)5-7)10(15)11-16-12(18-17-11)6-1-2-6/h3-6,10H,1-2,15H2. The first-order chi connectivity index (χ1) is 8.65. The highest BCUT2D eigenvalue weighted by Crippen LogP contribution is 2.39. The number of nitrogens with zero attached hydrogens (tertiary/aromatic N) is 2. The van der Waals surface area contributed by atoms with Crippen molar-refractivity contribution in [3.8, 4) is 0 Å². The van der Waals surface area contributed by atoms with Crippen LogP contribution in [-0.4, -0.2) is 10.1 Å². The Balaban J connectivity index is 1.89. The van der Waals surface area contributed by atoms with Gasteiger partial charge in [-0.25, -0.2) is 4.39 Å². The van der Waals surface area contributed by atoms with Crippen LogP contribution in [0, 0.1) is 5.82 Å². The monoisotopic (exact) mass is 311 g/mol. The molecule has 94 valence electrons. The minimum absolute atomic E-state index is 0.332. The molecule has 1 aliphatic carbocycles. The van der Waals surface area contributed by atoms with Crippen LogP contribution < -0.4 is 5.73 Å². The second kappa shape index (κ2) is 4.44. The van der Waals surface area contributed by atoms with Crippen LogP contribution in [0.15, 0.2) is 27.2 Å². The number of benzene rings is 1. The number of rotatable bonds is 3. The number of nitrogens with two attached hydrogens (primary N) is 1. The molecule has 1 aromatic carbocycles. The van der Waals surface area contributed by atoms with Gasteiger partial charge in [0.2, 0.25) is 5.89 Å². The molecule has 1 heterocycles. The zero-order valence-electron chi connectivity index (χ0n) is 9.44. The molecule has 0 aliphatic heterocycles. The highest BCUT2D eigenvalue weighted by molar-refractivity contribution is 9.10. The lowest BCUT2D eigenvalue weighted by Crippen LogP contribution is -2.15. The van der Waals surface area contributed by atoms with Crippen LogP contribution in [0.1, 0.15) is 42.1 Å². The van der Waals surface area contributed by atoms with Gasteiger partial charge in [0.05, 0.1) is 6.04 Å². The first kappa shape index (κ1) is 11.8. The second-order valence-electron chi connectivity index (χ2n) is 4.41. The lowest BCUT2D eigenvalue weighted by Gasteiger charge is -2.08. The summed E-state index contributed by atoms with van der Waals surface area (Å²) in [4.78, 5) is 4.23. The van der Waals surface area contributed by atoms with Gasteiger partial charge >= 0.3 is 0 Å². The fraction of sp³-hybridized carbons (Fsp3) is 0.333. The number of hydrogen-bond donors (Lipinski definition) is 1. The third kappa shape index (κ3) is 2.18. The SMILES string of the molecule is NC(c1noc(C2CC2)n1)c1ccc(Br)cc1F. The zero-order chi connectivity index (χ0) is 12.7. The highest BCUT2D eigenvalue weighted by Gasteiger charge is 2.31. The molecular formula is C12H11BrFN3O. The Hall–Kier alpha value is -1.27. The van der Waals surface area contributed by atoms with Crippen molar-refractivity contribution in [2.45, 2.75) is 24.8 Å². The summed E-state index contributed by atoms with van der Waals surface area (Å²) in [6.07, 6.45) is 2.15. The molecule has 1 fully saturated rings. The Morgan fingerprint density at radius 2 is 2.22 bits per heavy atom. The summed E-state index contributed by atoms with van der Waals surface area (Å²) in [5, 5.41) is 3.83. The number of hydrogen-bond acceptors (Lipinski definition) is 4. The fourth-order valence-electron chi connectivity index (χ4n) is 1.76. The van der Waals surface area contributed by atoms with Crippen LogP contribution in [0.5, 0.6) is 0 Å². The quantitative estimate of drug-likeness (QED) is 0.946. The van der Waals surface area contributed by atoms with Crippen molar-refractivity contribution in [3.63, 3.8) is 0 Å². The summed E-state index contributed by atoms with van der Waals surface area (Å²) < 4.78 is 19.6. The molecule has 1 aliphatic rings. The Morgan fingerprint density at radius 3 is 2.89 bits per heavy atom. The van der Waals surface area contributed by atoms with E-state index in [0.29, 0.717) is 27.7 Å². The lowest BCUT2D eigenvalue weighted by molar-refractivity contribution is 0.372. The maximum atomic E-state index is 13.8. The molecule has 1 unspecified atom stereocenters. The van der Waals surface area contributed by atoms with Crippen LogP contribution in [-0.2, 0) is 0 Å². The van der Waals surface area contributed by atoms with Gasteiger partial charge in [0.15, 0.2) is 5.82 Å². The predicted molar refractivity (Wildman–Crippen MR) is 66.4 cm³/mol. The highest BCUT2D eigenvalue weighted by atomic mass is 79.9. The molecular weight excluding hydrogens is 301 g/mol. The molecule has 0 bridgehead atoms. The average Bonchev–Trinajstić information content (AvgIpc) is 3.06. The topological polar surface area (TPSA) is 64.9 Å². The van der Waals surface area contributed by atoms with Crippen molar-refractivity contribution in [3.05, 3.63) is 45.8 Å². The molecule has 2 aromatic rings. The summed E-state index contributed by atoms with van der Waals surface area (Å²) in [5.41, 5.74) is 6.32. The minimum atomic E-state index is -0.700. The average molecular weight is 312 g/mol. The molecule has 2 N–H and O–H groups in total. The maximum Gasteiger partial charge on any atom is 0.229 e. The Bertz CT molecular complexity index is 582. The minimum Gasteiger partial charge on any atom is -0.339 e. The Labute approximate surface area is 112 Å². The van der Waals surface area contributed by atoms with E-state index in [-0.39, 0.29) is 5.82 Å². The summed E-state index contributed by atoms with van der Waals surface area (Å²) in [7, 11) is 0. The van der Waals surface area contributed by atoms with Gasteiger partial charge in [0, 0.05) is 16.0 Å². The van der Waals surface area contributed by atoms with Crippen LogP contribution in [0.3, 0.4) is 0 Å².